The zero-order valence-electron chi connectivity index (χ0n) is 14.2. The first-order valence-electron chi connectivity index (χ1n) is 8.74. The number of nitrogens with zero attached hydrogens (tertiary/aromatic N) is 4. The van der Waals surface area contributed by atoms with Crippen LogP contribution >= 0.6 is 0 Å². The van der Waals surface area contributed by atoms with Crippen LogP contribution < -0.4 is 15.4 Å². The van der Waals surface area contributed by atoms with Gasteiger partial charge in [0.25, 0.3) is 0 Å². The molecule has 1 aliphatic carbocycles. The fourth-order valence-electron chi connectivity index (χ4n) is 3.21. The summed E-state index contributed by atoms with van der Waals surface area (Å²) in [6.07, 6.45) is 4.16. The van der Waals surface area contributed by atoms with Gasteiger partial charge in [-0.1, -0.05) is 0 Å². The van der Waals surface area contributed by atoms with E-state index in [2.05, 4.69) is 26.2 Å². The number of hydrogen-bond donors (Lipinski definition) is 2. The van der Waals surface area contributed by atoms with Crippen LogP contribution in [-0.4, -0.2) is 46.3 Å². The van der Waals surface area contributed by atoms with Gasteiger partial charge in [-0.25, -0.2) is 0 Å². The van der Waals surface area contributed by atoms with E-state index in [4.69, 9.17) is 4.74 Å². The number of carbonyl (C=O) groups is 1. The number of carbonyl (C=O) groups excluding carboxylic acids is 1. The minimum atomic E-state index is 0.00867. The van der Waals surface area contributed by atoms with E-state index in [1.807, 2.05) is 18.2 Å². The number of aromatic nitrogens is 4. The molecule has 2 fully saturated rings. The molecule has 1 aromatic heterocycles. The summed E-state index contributed by atoms with van der Waals surface area (Å²) in [5, 5.41) is 18.4. The van der Waals surface area contributed by atoms with Crippen LogP contribution in [0.5, 0.6) is 5.75 Å². The molecule has 1 saturated heterocycles. The van der Waals surface area contributed by atoms with Crippen LogP contribution in [0.2, 0.25) is 0 Å². The number of methoxy groups -OCH3 is 1. The smallest absolute Gasteiger partial charge is 0.228 e. The third-order valence-corrected chi connectivity index (χ3v) is 4.78. The Labute approximate surface area is 145 Å². The van der Waals surface area contributed by atoms with E-state index in [0.29, 0.717) is 11.7 Å². The first-order valence-corrected chi connectivity index (χ1v) is 8.74. The Morgan fingerprint density at radius 3 is 2.96 bits per heavy atom. The maximum Gasteiger partial charge on any atom is 0.228 e. The van der Waals surface area contributed by atoms with E-state index in [1.54, 1.807) is 11.8 Å². The van der Waals surface area contributed by atoms with Crippen LogP contribution in [0.4, 0.5) is 5.69 Å². The van der Waals surface area contributed by atoms with Crippen molar-refractivity contribution in [2.45, 2.75) is 31.6 Å². The third-order valence-electron chi connectivity index (χ3n) is 4.78. The van der Waals surface area contributed by atoms with Gasteiger partial charge >= 0.3 is 0 Å². The molecule has 1 aromatic carbocycles. The molecule has 8 heteroatoms. The van der Waals surface area contributed by atoms with Gasteiger partial charge in [-0.3, -0.25) is 4.79 Å². The monoisotopic (exact) mass is 342 g/mol. The molecule has 0 bridgehead atoms. The van der Waals surface area contributed by atoms with E-state index in [-0.39, 0.29) is 11.8 Å². The summed E-state index contributed by atoms with van der Waals surface area (Å²) in [6.45, 7) is 1.72. The zero-order chi connectivity index (χ0) is 17.2. The number of amides is 1. The zero-order valence-corrected chi connectivity index (χ0v) is 14.2. The van der Waals surface area contributed by atoms with Gasteiger partial charge < -0.3 is 15.4 Å². The minimum Gasteiger partial charge on any atom is -0.494 e. The van der Waals surface area contributed by atoms with Gasteiger partial charge in [0.2, 0.25) is 5.91 Å². The topological polar surface area (TPSA) is 94.0 Å². The largest absolute Gasteiger partial charge is 0.494 e. The minimum absolute atomic E-state index is 0.00867. The first-order chi connectivity index (χ1) is 12.3. The van der Waals surface area contributed by atoms with Crippen molar-refractivity contribution >= 4 is 11.6 Å². The van der Waals surface area contributed by atoms with Crippen LogP contribution in [0.15, 0.2) is 18.2 Å². The molecule has 1 unspecified atom stereocenters. The Morgan fingerprint density at radius 1 is 1.36 bits per heavy atom. The highest BCUT2D eigenvalue weighted by Crippen LogP contribution is 2.40. The van der Waals surface area contributed by atoms with Crippen LogP contribution in [0.25, 0.3) is 5.69 Å². The summed E-state index contributed by atoms with van der Waals surface area (Å²) in [6, 6.07) is 5.55. The van der Waals surface area contributed by atoms with Gasteiger partial charge in [-0.15, -0.1) is 5.10 Å². The highest BCUT2D eigenvalue weighted by Gasteiger charge is 2.31. The molecule has 2 N–H and O–H groups in total. The van der Waals surface area contributed by atoms with E-state index < -0.39 is 0 Å². The molecular weight excluding hydrogens is 320 g/mol. The number of ether oxygens (including phenoxy) is 1. The number of rotatable bonds is 5. The quantitative estimate of drug-likeness (QED) is 0.855. The second kappa shape index (κ2) is 6.79. The molecule has 0 spiro atoms. The van der Waals surface area contributed by atoms with Crippen molar-refractivity contribution in [3.8, 4) is 11.4 Å². The molecule has 2 heterocycles. The summed E-state index contributed by atoms with van der Waals surface area (Å²) in [5.74, 6) is 1.98. The molecule has 2 aliphatic rings. The van der Waals surface area contributed by atoms with Crippen molar-refractivity contribution in [1.29, 1.82) is 0 Å². The van der Waals surface area contributed by atoms with E-state index >= 15 is 0 Å². The number of piperidine rings is 1. The molecule has 1 saturated carbocycles. The van der Waals surface area contributed by atoms with Gasteiger partial charge in [0.1, 0.15) is 11.4 Å². The van der Waals surface area contributed by atoms with Crippen molar-refractivity contribution in [3.05, 3.63) is 24.0 Å². The fraction of sp³-hybridized carbons (Fsp3) is 0.529. The van der Waals surface area contributed by atoms with Gasteiger partial charge in [0, 0.05) is 18.2 Å². The highest BCUT2D eigenvalue weighted by atomic mass is 16.5. The van der Waals surface area contributed by atoms with E-state index in [9.17, 15) is 4.79 Å². The van der Waals surface area contributed by atoms with Crippen LogP contribution in [0.3, 0.4) is 0 Å². The fourth-order valence-corrected chi connectivity index (χ4v) is 3.21. The SMILES string of the molecule is COc1ccc(NC(=O)C2CCCNC2)cc1-n1nnnc1C1CC1. The maximum atomic E-state index is 12.5. The third kappa shape index (κ3) is 3.34. The summed E-state index contributed by atoms with van der Waals surface area (Å²) in [7, 11) is 1.62. The number of anilines is 1. The van der Waals surface area contributed by atoms with Crippen molar-refractivity contribution in [1.82, 2.24) is 25.5 Å². The van der Waals surface area contributed by atoms with Gasteiger partial charge in [0.05, 0.1) is 13.0 Å². The number of nitrogens with one attached hydrogen (secondary N) is 2. The van der Waals surface area contributed by atoms with Gasteiger partial charge in [-0.05, 0) is 60.9 Å². The van der Waals surface area contributed by atoms with Crippen molar-refractivity contribution in [3.63, 3.8) is 0 Å². The molecule has 4 rings (SSSR count). The average molecular weight is 342 g/mol. The Hall–Kier alpha value is -2.48. The summed E-state index contributed by atoms with van der Waals surface area (Å²) in [5.41, 5.74) is 1.47. The van der Waals surface area contributed by atoms with Crippen molar-refractivity contribution in [2.24, 2.45) is 5.92 Å². The van der Waals surface area contributed by atoms with Crippen LogP contribution in [0.1, 0.15) is 37.4 Å². The maximum absolute atomic E-state index is 12.5. The molecule has 25 heavy (non-hydrogen) atoms. The Morgan fingerprint density at radius 2 is 2.24 bits per heavy atom. The van der Waals surface area contributed by atoms with E-state index in [1.165, 1.54) is 0 Å². The molecule has 1 aliphatic heterocycles. The summed E-state index contributed by atoms with van der Waals surface area (Å²) >= 11 is 0. The Balaban J connectivity index is 1.59. The molecule has 1 atom stereocenters. The first kappa shape index (κ1) is 16.0. The Bertz CT molecular complexity index is 764. The summed E-state index contributed by atoms with van der Waals surface area (Å²) in [4.78, 5) is 12.5. The summed E-state index contributed by atoms with van der Waals surface area (Å²) < 4.78 is 7.18. The lowest BCUT2D eigenvalue weighted by Gasteiger charge is -2.22. The van der Waals surface area contributed by atoms with Crippen LogP contribution in [-0.2, 0) is 4.79 Å². The molecular formula is C17H22N6O2. The van der Waals surface area contributed by atoms with Crippen molar-refractivity contribution < 1.29 is 9.53 Å². The number of tetrazole rings is 1. The standard InChI is InChI=1S/C17H22N6O2/c1-25-15-7-6-13(19-17(24)12-3-2-8-18-10-12)9-14(15)23-16(11-4-5-11)20-21-22-23/h6-7,9,11-12,18H,2-5,8,10H2,1H3,(H,19,24). The normalized spacial score (nSPS) is 20.3. The molecule has 8 nitrogen and oxygen atoms in total. The lowest BCUT2D eigenvalue weighted by molar-refractivity contribution is -0.120. The average Bonchev–Trinajstić information content (AvgIpc) is 3.39. The second-order valence-corrected chi connectivity index (χ2v) is 6.64. The predicted octanol–water partition coefficient (Wildman–Crippen LogP) is 1.49. The van der Waals surface area contributed by atoms with Gasteiger partial charge in [0.15, 0.2) is 5.82 Å². The number of benzene rings is 1. The lowest BCUT2D eigenvalue weighted by atomic mass is 9.99. The molecule has 1 amide bonds. The predicted molar refractivity (Wildman–Crippen MR) is 91.9 cm³/mol. The second-order valence-electron chi connectivity index (χ2n) is 6.64. The molecule has 2 aromatic rings. The van der Waals surface area contributed by atoms with E-state index in [0.717, 1.165) is 56.0 Å². The van der Waals surface area contributed by atoms with Crippen LogP contribution in [0, 0.1) is 5.92 Å². The lowest BCUT2D eigenvalue weighted by Crippen LogP contribution is -2.37. The molecule has 0 radical (unpaired) electrons. The number of hydrogen-bond acceptors (Lipinski definition) is 6. The highest BCUT2D eigenvalue weighted by molar-refractivity contribution is 5.93. The molecule has 132 valence electrons. The Kier molecular flexibility index (Phi) is 4.35. The van der Waals surface area contributed by atoms with Gasteiger partial charge in [-0.2, -0.15) is 4.68 Å². The van der Waals surface area contributed by atoms with Crippen molar-refractivity contribution in [2.75, 3.05) is 25.5 Å².